The topological polar surface area (TPSA) is 100 Å². The fourth-order valence-electron chi connectivity index (χ4n) is 6.51. The maximum Gasteiger partial charge on any atom is 0.326 e. The molecule has 0 aliphatic rings. The predicted octanol–water partition coefficient (Wildman–Crippen LogP) is 9.91. The molecule has 8 heteroatoms. The first-order valence-electron chi connectivity index (χ1n) is 18.2. The van der Waals surface area contributed by atoms with Gasteiger partial charge in [0.15, 0.2) is 0 Å². The molecule has 0 aliphatic heterocycles. The molecule has 0 unspecified atom stereocenters. The summed E-state index contributed by atoms with van der Waals surface area (Å²) < 4.78 is 6.18. The molecule has 6 rings (SSSR count). The van der Waals surface area contributed by atoms with Crippen LogP contribution in [0.2, 0.25) is 0 Å². The number of benzene rings is 3. The van der Waals surface area contributed by atoms with Crippen molar-refractivity contribution in [3.63, 3.8) is 0 Å². The van der Waals surface area contributed by atoms with Crippen LogP contribution in [-0.2, 0) is 12.8 Å². The Morgan fingerprint density at radius 3 is 2.21 bits per heavy atom. The molecule has 0 spiro atoms. The first-order chi connectivity index (χ1) is 25.3. The van der Waals surface area contributed by atoms with Gasteiger partial charge in [-0.2, -0.15) is 0 Å². The molecule has 0 aliphatic carbocycles. The third-order valence-corrected chi connectivity index (χ3v) is 9.29. The molecule has 0 radical (unpaired) electrons. The predicted molar refractivity (Wildman–Crippen MR) is 212 cm³/mol. The van der Waals surface area contributed by atoms with Crippen LogP contribution in [0.15, 0.2) is 120 Å². The van der Waals surface area contributed by atoms with Crippen LogP contribution in [0.3, 0.4) is 0 Å². The van der Waals surface area contributed by atoms with Gasteiger partial charge in [-0.1, -0.05) is 70.2 Å². The highest BCUT2D eigenvalue weighted by Crippen LogP contribution is 2.38. The Hall–Kier alpha value is -5.76. The third kappa shape index (κ3) is 8.93. The Morgan fingerprint density at radius 1 is 0.769 bits per heavy atom. The number of carbonyl (C=O) groups is 1. The molecule has 0 bridgehead atoms. The highest BCUT2D eigenvalue weighted by molar-refractivity contribution is 6.03. The number of ether oxygens (including phenoxy) is 1. The average molecular weight is 694 g/mol. The maximum atomic E-state index is 14.4. The van der Waals surface area contributed by atoms with Gasteiger partial charge >= 0.3 is 6.03 Å². The zero-order valence-corrected chi connectivity index (χ0v) is 30.4. The van der Waals surface area contributed by atoms with Crippen LogP contribution in [0, 0.1) is 0 Å². The van der Waals surface area contributed by atoms with Crippen molar-refractivity contribution in [2.45, 2.75) is 65.2 Å². The van der Waals surface area contributed by atoms with E-state index in [4.69, 9.17) is 4.74 Å². The number of urea groups is 1. The lowest BCUT2D eigenvalue weighted by molar-refractivity contribution is 0.256. The van der Waals surface area contributed by atoms with E-state index in [1.807, 2.05) is 67.0 Å². The molecule has 8 nitrogen and oxygen atoms in total. The fourth-order valence-corrected chi connectivity index (χ4v) is 6.51. The minimum Gasteiger partial charge on any atom is -0.494 e. The number of H-pyrrole nitrogens is 1. The molecule has 6 aromatic rings. The van der Waals surface area contributed by atoms with E-state index in [1.165, 1.54) is 11.1 Å². The number of aryl methyl sites for hydroxylation is 2. The van der Waals surface area contributed by atoms with Crippen LogP contribution >= 0.6 is 0 Å². The quantitative estimate of drug-likeness (QED) is 0.111. The Balaban J connectivity index is 1.28. The monoisotopic (exact) mass is 693 g/mol. The summed E-state index contributed by atoms with van der Waals surface area (Å²) in [5.74, 6) is 1.05. The zero-order valence-electron chi connectivity index (χ0n) is 30.4. The lowest BCUT2D eigenvalue weighted by atomic mass is 9.88. The van der Waals surface area contributed by atoms with Crippen molar-refractivity contribution < 1.29 is 9.53 Å². The number of nitrogens with one attached hydrogen (secondary N) is 2. The van der Waals surface area contributed by atoms with Crippen molar-refractivity contribution in [2.24, 2.45) is 0 Å². The Morgan fingerprint density at radius 2 is 1.48 bits per heavy atom. The van der Waals surface area contributed by atoms with Crippen molar-refractivity contribution in [1.29, 1.82) is 0 Å². The molecular weight excluding hydrogens is 647 g/mol. The van der Waals surface area contributed by atoms with E-state index in [9.17, 15) is 9.59 Å². The van der Waals surface area contributed by atoms with E-state index < -0.39 is 0 Å². The van der Waals surface area contributed by atoms with Gasteiger partial charge in [-0.3, -0.25) is 14.7 Å². The van der Waals surface area contributed by atoms with Gasteiger partial charge in [0.2, 0.25) is 0 Å². The van der Waals surface area contributed by atoms with Crippen LogP contribution in [-0.4, -0.2) is 34.1 Å². The van der Waals surface area contributed by atoms with Crippen molar-refractivity contribution in [3.05, 3.63) is 148 Å². The number of fused-ring (bicyclic) bond motifs is 1. The molecular formula is C44H47N5O3. The number of aromatic nitrogens is 3. The number of amides is 2. The van der Waals surface area contributed by atoms with Crippen LogP contribution in [0.5, 0.6) is 5.75 Å². The van der Waals surface area contributed by atoms with Crippen LogP contribution in [0.4, 0.5) is 16.2 Å². The summed E-state index contributed by atoms with van der Waals surface area (Å²) in [6.07, 6.45) is 8.57. The summed E-state index contributed by atoms with van der Waals surface area (Å²) in [4.78, 5) is 40.8. The lowest BCUT2D eigenvalue weighted by Crippen LogP contribution is -2.39. The van der Waals surface area contributed by atoms with E-state index in [2.05, 4.69) is 84.4 Å². The standard InChI is InChI=1S/C44H47N5O3/c1-30(2)38-27-36(34-16-8-18-37(26-34)52-25-11-15-33-19-22-45-23-20-33)28-39(31(3)4)41(38)47-44(51)49(24-10-14-32-12-6-5-7-13-32)40-29-35-17-9-21-46-42(35)48-43(40)50/h5-9,12-13,16-23,26-31H,10-11,14-15,24-25H2,1-4H3,(H,47,51)(H,46,48,50). The number of hydrogen-bond donors (Lipinski definition) is 2. The maximum absolute atomic E-state index is 14.4. The number of pyridine rings is 3. The normalized spacial score (nSPS) is 11.3. The number of anilines is 2. The molecule has 0 fully saturated rings. The van der Waals surface area contributed by atoms with E-state index in [-0.39, 0.29) is 29.1 Å². The van der Waals surface area contributed by atoms with Crippen molar-refractivity contribution in [1.82, 2.24) is 15.0 Å². The van der Waals surface area contributed by atoms with Gasteiger partial charge < -0.3 is 15.0 Å². The molecule has 266 valence electrons. The van der Waals surface area contributed by atoms with Gasteiger partial charge in [-0.15, -0.1) is 0 Å². The first-order valence-corrected chi connectivity index (χ1v) is 18.2. The molecule has 3 aromatic carbocycles. The molecule has 52 heavy (non-hydrogen) atoms. The zero-order chi connectivity index (χ0) is 36.5. The van der Waals surface area contributed by atoms with E-state index in [1.54, 1.807) is 17.2 Å². The minimum absolute atomic E-state index is 0.113. The van der Waals surface area contributed by atoms with Gasteiger partial charge in [0.25, 0.3) is 5.56 Å². The van der Waals surface area contributed by atoms with Crippen LogP contribution in [0.1, 0.15) is 74.6 Å². The second-order valence-corrected chi connectivity index (χ2v) is 13.8. The van der Waals surface area contributed by atoms with Gasteiger partial charge in [0, 0.05) is 36.2 Å². The summed E-state index contributed by atoms with van der Waals surface area (Å²) in [5, 5.41) is 4.05. The Bertz CT molecular complexity index is 2130. The molecule has 2 amide bonds. The van der Waals surface area contributed by atoms with Crippen LogP contribution < -0.4 is 20.5 Å². The number of nitrogens with zero attached hydrogens (tertiary/aromatic N) is 3. The van der Waals surface area contributed by atoms with E-state index in [0.29, 0.717) is 25.2 Å². The largest absolute Gasteiger partial charge is 0.494 e. The number of hydrogen-bond acceptors (Lipinski definition) is 5. The Kier molecular flexibility index (Phi) is 11.8. The molecule has 0 saturated heterocycles. The van der Waals surface area contributed by atoms with E-state index in [0.717, 1.165) is 58.3 Å². The van der Waals surface area contributed by atoms with Gasteiger partial charge in [0.1, 0.15) is 17.1 Å². The third-order valence-electron chi connectivity index (χ3n) is 9.29. The van der Waals surface area contributed by atoms with Crippen LogP contribution in [0.25, 0.3) is 22.2 Å². The highest BCUT2D eigenvalue weighted by Gasteiger charge is 2.24. The number of aromatic amines is 1. The second kappa shape index (κ2) is 17.0. The molecule has 2 N–H and O–H groups in total. The summed E-state index contributed by atoms with van der Waals surface area (Å²) in [6.45, 7) is 9.53. The molecule has 3 heterocycles. The van der Waals surface area contributed by atoms with Crippen molar-refractivity contribution >= 4 is 28.4 Å². The smallest absolute Gasteiger partial charge is 0.326 e. The number of rotatable bonds is 14. The average Bonchev–Trinajstić information content (AvgIpc) is 3.16. The second-order valence-electron chi connectivity index (χ2n) is 13.8. The lowest BCUT2D eigenvalue weighted by Gasteiger charge is -2.27. The van der Waals surface area contributed by atoms with Gasteiger partial charge in [-0.25, -0.2) is 9.78 Å². The fraction of sp³-hybridized carbons (Fsp3) is 0.273. The van der Waals surface area contributed by atoms with Gasteiger partial charge in [0.05, 0.1) is 6.61 Å². The van der Waals surface area contributed by atoms with Gasteiger partial charge in [-0.05, 0) is 125 Å². The summed E-state index contributed by atoms with van der Waals surface area (Å²) in [6, 6.07) is 31.9. The number of carbonyl (C=O) groups excluding carboxylic acids is 1. The van der Waals surface area contributed by atoms with Crippen molar-refractivity contribution in [2.75, 3.05) is 23.4 Å². The summed E-state index contributed by atoms with van der Waals surface area (Å²) in [7, 11) is 0. The van der Waals surface area contributed by atoms with Crippen molar-refractivity contribution in [3.8, 4) is 16.9 Å². The highest BCUT2D eigenvalue weighted by atomic mass is 16.5. The molecule has 0 atom stereocenters. The minimum atomic E-state index is -0.357. The SMILES string of the molecule is CC(C)c1cc(-c2cccc(OCCCc3ccncc3)c2)cc(C(C)C)c1NC(=O)N(CCCc1ccccc1)c1cc2cccnc2[nH]c1=O. The molecule has 0 saturated carbocycles. The first kappa shape index (κ1) is 36.0. The Labute approximate surface area is 305 Å². The molecule has 3 aromatic heterocycles. The van der Waals surface area contributed by atoms with E-state index >= 15 is 0 Å². The summed E-state index contributed by atoms with van der Waals surface area (Å²) >= 11 is 0. The summed E-state index contributed by atoms with van der Waals surface area (Å²) in [5.41, 5.74) is 7.80.